The maximum absolute atomic E-state index is 13.8. The van der Waals surface area contributed by atoms with E-state index in [1.54, 1.807) is 0 Å². The van der Waals surface area contributed by atoms with Crippen LogP contribution >= 0.6 is 0 Å². The number of benzene rings is 2. The van der Waals surface area contributed by atoms with Crippen LogP contribution in [0.15, 0.2) is 41.2 Å². The molecule has 8 heteroatoms. The van der Waals surface area contributed by atoms with Gasteiger partial charge in [-0.25, -0.2) is 9.37 Å². The number of phenols is 1. The molecule has 0 unspecified atom stereocenters. The first-order valence-corrected chi connectivity index (χ1v) is 8.67. The first kappa shape index (κ1) is 19.3. The van der Waals surface area contributed by atoms with Crippen molar-refractivity contribution < 1.29 is 19.0 Å². The fraction of sp³-hybridized carbons (Fsp3) is 0.250. The average molecular weight is 385 g/mol. The zero-order valence-corrected chi connectivity index (χ0v) is 15.7. The Morgan fingerprint density at radius 2 is 2.04 bits per heavy atom. The number of phenolic OH excluding ortho intramolecular Hbond substituents is 1. The maximum atomic E-state index is 13.8. The third-order valence-corrected chi connectivity index (χ3v) is 4.10. The van der Waals surface area contributed by atoms with Gasteiger partial charge in [-0.2, -0.15) is 0 Å². The first-order valence-electron chi connectivity index (χ1n) is 8.67. The van der Waals surface area contributed by atoms with E-state index in [0.717, 1.165) is 0 Å². The summed E-state index contributed by atoms with van der Waals surface area (Å²) in [6.07, 6.45) is 0. The largest absolute Gasteiger partial charge is 0.508 e. The number of fused-ring (bicyclic) bond motifs is 1. The van der Waals surface area contributed by atoms with E-state index >= 15 is 0 Å². The minimum Gasteiger partial charge on any atom is -0.508 e. The van der Waals surface area contributed by atoms with Gasteiger partial charge in [0.25, 0.3) is 5.56 Å². The number of rotatable bonds is 5. The molecule has 2 N–H and O–H groups in total. The van der Waals surface area contributed by atoms with Crippen LogP contribution in [-0.2, 0) is 11.3 Å². The van der Waals surface area contributed by atoms with Crippen molar-refractivity contribution in [2.45, 2.75) is 26.4 Å². The lowest BCUT2D eigenvalue weighted by Crippen LogP contribution is -2.37. The molecule has 1 heterocycles. The number of aromatic nitrogens is 2. The number of aromatic hydroxyl groups is 1. The molecule has 3 rings (SSSR count). The Bertz CT molecular complexity index is 1110. The third kappa shape index (κ3) is 3.80. The summed E-state index contributed by atoms with van der Waals surface area (Å²) in [5.41, 5.74) is 0.280. The fourth-order valence-electron chi connectivity index (χ4n) is 2.89. The second-order valence-electron chi connectivity index (χ2n) is 6.60. The molecule has 3 aromatic rings. The molecular weight excluding hydrogens is 365 g/mol. The molecule has 0 aliphatic carbocycles. The molecule has 7 nitrogen and oxygen atoms in total. The van der Waals surface area contributed by atoms with Crippen LogP contribution in [0, 0.1) is 5.82 Å². The molecule has 0 spiro atoms. The van der Waals surface area contributed by atoms with Gasteiger partial charge in [-0.15, -0.1) is 0 Å². The summed E-state index contributed by atoms with van der Waals surface area (Å²) >= 11 is 0. The highest BCUT2D eigenvalue weighted by molar-refractivity contribution is 5.83. The van der Waals surface area contributed by atoms with Crippen molar-refractivity contribution in [2.24, 2.45) is 0 Å². The van der Waals surface area contributed by atoms with E-state index in [9.17, 15) is 19.1 Å². The summed E-state index contributed by atoms with van der Waals surface area (Å²) in [5, 5.41) is 12.6. The smallest absolute Gasteiger partial charge is 0.262 e. The molecule has 1 aromatic heterocycles. The zero-order chi connectivity index (χ0) is 20.4. The second kappa shape index (κ2) is 7.67. The normalized spacial score (nSPS) is 11.0. The minimum absolute atomic E-state index is 0.00395. The van der Waals surface area contributed by atoms with Crippen LogP contribution in [0.25, 0.3) is 22.3 Å². The molecule has 146 valence electrons. The van der Waals surface area contributed by atoms with E-state index in [-0.39, 0.29) is 41.2 Å². The standard InChI is InChI=1S/C20H20FN3O4/c1-11(2)22-18(26)10-24-19(12-4-6-15(21)17(8-12)28-3)23-16-7-5-13(25)9-14(16)20(24)27/h4-9,11,25H,10H2,1-3H3,(H,22,26). The van der Waals surface area contributed by atoms with E-state index < -0.39 is 11.4 Å². The number of carbonyl (C=O) groups is 1. The summed E-state index contributed by atoms with van der Waals surface area (Å²) in [7, 11) is 1.34. The average Bonchev–Trinajstić information content (AvgIpc) is 2.64. The molecule has 0 aliphatic rings. The van der Waals surface area contributed by atoms with Crippen LogP contribution in [0.1, 0.15) is 13.8 Å². The Balaban J connectivity index is 2.24. The molecule has 2 aromatic carbocycles. The third-order valence-electron chi connectivity index (χ3n) is 4.10. The lowest BCUT2D eigenvalue weighted by atomic mass is 10.1. The number of nitrogens with zero attached hydrogens (tertiary/aromatic N) is 2. The Labute approximate surface area is 160 Å². The number of hydrogen-bond acceptors (Lipinski definition) is 5. The van der Waals surface area contributed by atoms with Crippen molar-refractivity contribution in [3.05, 3.63) is 52.6 Å². The Hall–Kier alpha value is -3.42. The van der Waals surface area contributed by atoms with Crippen molar-refractivity contribution >= 4 is 16.8 Å². The maximum Gasteiger partial charge on any atom is 0.262 e. The molecule has 0 bridgehead atoms. The molecule has 0 radical (unpaired) electrons. The summed E-state index contributed by atoms with van der Waals surface area (Å²) in [6.45, 7) is 3.34. The summed E-state index contributed by atoms with van der Waals surface area (Å²) in [6, 6.07) is 8.21. The van der Waals surface area contributed by atoms with Crippen molar-refractivity contribution in [3.8, 4) is 22.9 Å². The highest BCUT2D eigenvalue weighted by atomic mass is 19.1. The number of halogens is 1. The predicted molar refractivity (Wildman–Crippen MR) is 103 cm³/mol. The van der Waals surface area contributed by atoms with Crippen molar-refractivity contribution in [1.82, 2.24) is 14.9 Å². The molecule has 0 fully saturated rings. The lowest BCUT2D eigenvalue weighted by molar-refractivity contribution is -0.122. The summed E-state index contributed by atoms with van der Waals surface area (Å²) in [4.78, 5) is 29.8. The van der Waals surface area contributed by atoms with Crippen molar-refractivity contribution in [1.29, 1.82) is 0 Å². The molecule has 0 aliphatic heterocycles. The van der Waals surface area contributed by atoms with Gasteiger partial charge in [0.05, 0.1) is 18.0 Å². The first-order chi connectivity index (χ1) is 13.3. The van der Waals surface area contributed by atoms with Gasteiger partial charge in [0, 0.05) is 11.6 Å². The van der Waals surface area contributed by atoms with Crippen LogP contribution in [-0.4, -0.2) is 33.7 Å². The number of methoxy groups -OCH3 is 1. The summed E-state index contributed by atoms with van der Waals surface area (Å²) < 4.78 is 20.0. The van der Waals surface area contributed by atoms with Gasteiger partial charge >= 0.3 is 0 Å². The van der Waals surface area contributed by atoms with Crippen LogP contribution in [0.5, 0.6) is 11.5 Å². The molecule has 28 heavy (non-hydrogen) atoms. The summed E-state index contributed by atoms with van der Waals surface area (Å²) in [5.74, 6) is -0.811. The van der Waals surface area contributed by atoms with E-state index in [2.05, 4.69) is 10.3 Å². The van der Waals surface area contributed by atoms with Crippen molar-refractivity contribution in [2.75, 3.05) is 7.11 Å². The van der Waals surface area contributed by atoms with Gasteiger partial charge in [0.15, 0.2) is 11.6 Å². The second-order valence-corrected chi connectivity index (χ2v) is 6.60. The lowest BCUT2D eigenvalue weighted by Gasteiger charge is -2.15. The van der Waals surface area contributed by atoms with E-state index in [0.29, 0.717) is 11.1 Å². The molecule has 0 saturated carbocycles. The van der Waals surface area contributed by atoms with Gasteiger partial charge in [-0.05, 0) is 50.2 Å². The van der Waals surface area contributed by atoms with Crippen LogP contribution < -0.4 is 15.6 Å². The highest BCUT2D eigenvalue weighted by Crippen LogP contribution is 2.26. The van der Waals surface area contributed by atoms with Crippen LogP contribution in [0.2, 0.25) is 0 Å². The topological polar surface area (TPSA) is 93.4 Å². The van der Waals surface area contributed by atoms with Gasteiger partial charge in [-0.3, -0.25) is 14.2 Å². The number of hydrogen-bond donors (Lipinski definition) is 2. The van der Waals surface area contributed by atoms with E-state index in [1.165, 1.54) is 48.1 Å². The predicted octanol–water partition coefficient (Wildman–Crippen LogP) is 2.44. The number of carbonyl (C=O) groups excluding carboxylic acids is 1. The van der Waals surface area contributed by atoms with E-state index in [1.807, 2.05) is 13.8 Å². The Morgan fingerprint density at radius 3 is 2.71 bits per heavy atom. The number of nitrogens with one attached hydrogen (secondary N) is 1. The fourth-order valence-corrected chi connectivity index (χ4v) is 2.89. The van der Waals surface area contributed by atoms with Crippen LogP contribution in [0.3, 0.4) is 0 Å². The van der Waals surface area contributed by atoms with Gasteiger partial charge in [-0.1, -0.05) is 0 Å². The quantitative estimate of drug-likeness (QED) is 0.704. The number of amides is 1. The van der Waals surface area contributed by atoms with Crippen molar-refractivity contribution in [3.63, 3.8) is 0 Å². The SMILES string of the molecule is COc1cc(-c2nc3ccc(O)cc3c(=O)n2CC(=O)NC(C)C)ccc1F. The van der Waals surface area contributed by atoms with Gasteiger partial charge < -0.3 is 15.2 Å². The van der Waals surface area contributed by atoms with Crippen LogP contribution in [0.4, 0.5) is 4.39 Å². The Kier molecular flexibility index (Phi) is 5.30. The van der Waals surface area contributed by atoms with E-state index in [4.69, 9.17) is 4.74 Å². The van der Waals surface area contributed by atoms with Gasteiger partial charge in [0.1, 0.15) is 18.1 Å². The van der Waals surface area contributed by atoms with Gasteiger partial charge in [0.2, 0.25) is 5.91 Å². The minimum atomic E-state index is -0.552. The number of ether oxygens (including phenoxy) is 1. The molecular formula is C20H20FN3O4. The monoisotopic (exact) mass is 385 g/mol. The zero-order valence-electron chi connectivity index (χ0n) is 15.7. The molecule has 0 saturated heterocycles. The Morgan fingerprint density at radius 1 is 1.29 bits per heavy atom. The molecule has 0 atom stereocenters. The molecule has 1 amide bonds. The highest BCUT2D eigenvalue weighted by Gasteiger charge is 2.17.